The lowest BCUT2D eigenvalue weighted by Gasteiger charge is -2.09. The van der Waals surface area contributed by atoms with Crippen molar-refractivity contribution in [3.63, 3.8) is 0 Å². The van der Waals surface area contributed by atoms with E-state index in [-0.39, 0.29) is 5.56 Å². The van der Waals surface area contributed by atoms with Gasteiger partial charge in [0.2, 0.25) is 0 Å². The first-order valence-electron chi connectivity index (χ1n) is 6.04. The molecule has 0 saturated carbocycles. The van der Waals surface area contributed by atoms with Crippen LogP contribution in [-0.4, -0.2) is 23.2 Å². The zero-order valence-corrected chi connectivity index (χ0v) is 12.3. The summed E-state index contributed by atoms with van der Waals surface area (Å²) in [7, 11) is 1.55. The summed E-state index contributed by atoms with van der Waals surface area (Å²) in [4.78, 5) is 16.3. The first-order valence-corrected chi connectivity index (χ1v) is 6.85. The number of aryl methyl sites for hydroxylation is 2. The smallest absolute Gasteiger partial charge is 0.336 e. The Morgan fingerprint density at radius 2 is 2.00 bits per heavy atom. The Bertz CT molecular complexity index is 635. The molecule has 0 aliphatic rings. The van der Waals surface area contributed by atoms with E-state index in [1.165, 1.54) is 11.8 Å². The molecule has 104 valence electrons. The van der Waals surface area contributed by atoms with Crippen molar-refractivity contribution in [2.75, 3.05) is 7.11 Å². The summed E-state index contributed by atoms with van der Waals surface area (Å²) in [6.45, 7) is 3.91. The topological polar surface area (TPSA) is 59.4 Å². The first kappa shape index (κ1) is 14.4. The van der Waals surface area contributed by atoms with Gasteiger partial charge in [-0.1, -0.05) is 11.8 Å². The third-order valence-corrected chi connectivity index (χ3v) is 3.68. The summed E-state index contributed by atoms with van der Waals surface area (Å²) in [5.41, 5.74) is 2.25. The summed E-state index contributed by atoms with van der Waals surface area (Å²) in [5.74, 6) is -0.332. The van der Waals surface area contributed by atoms with Gasteiger partial charge in [0, 0.05) is 10.6 Å². The average Bonchev–Trinajstić information content (AvgIpc) is 2.37. The molecule has 1 N–H and O–H groups in total. The quantitative estimate of drug-likeness (QED) is 0.932. The van der Waals surface area contributed by atoms with Gasteiger partial charge in [-0.2, -0.15) is 0 Å². The minimum atomic E-state index is -0.959. The third kappa shape index (κ3) is 3.30. The van der Waals surface area contributed by atoms with Crippen LogP contribution in [0.5, 0.6) is 5.75 Å². The molecule has 1 aromatic heterocycles. The molecule has 1 aromatic carbocycles. The predicted molar refractivity (Wildman–Crippen MR) is 77.8 cm³/mol. The van der Waals surface area contributed by atoms with Crippen LogP contribution in [0.25, 0.3) is 0 Å². The maximum atomic E-state index is 11.3. The third-order valence-electron chi connectivity index (χ3n) is 2.71. The first-order chi connectivity index (χ1) is 9.49. The lowest BCUT2D eigenvalue weighted by atomic mass is 10.2. The minimum absolute atomic E-state index is 0.247. The van der Waals surface area contributed by atoms with E-state index in [4.69, 9.17) is 4.74 Å². The van der Waals surface area contributed by atoms with Gasteiger partial charge < -0.3 is 9.84 Å². The van der Waals surface area contributed by atoms with E-state index < -0.39 is 5.97 Å². The number of rotatable bonds is 4. The van der Waals surface area contributed by atoms with Gasteiger partial charge in [-0.05, 0) is 49.7 Å². The lowest BCUT2D eigenvalue weighted by Crippen LogP contribution is -1.99. The maximum absolute atomic E-state index is 11.3. The van der Waals surface area contributed by atoms with Crippen LogP contribution in [0, 0.1) is 13.8 Å². The van der Waals surface area contributed by atoms with Crippen LogP contribution >= 0.6 is 11.8 Å². The van der Waals surface area contributed by atoms with Gasteiger partial charge in [0.05, 0.1) is 12.7 Å². The number of ether oxygens (including phenoxy) is 1. The Balaban J connectivity index is 2.42. The Kier molecular flexibility index (Phi) is 4.29. The van der Waals surface area contributed by atoms with Crippen molar-refractivity contribution >= 4 is 17.7 Å². The molecule has 0 amide bonds. The van der Waals surface area contributed by atoms with Crippen molar-refractivity contribution in [2.24, 2.45) is 0 Å². The molecule has 20 heavy (non-hydrogen) atoms. The molecule has 0 bridgehead atoms. The number of carbonyl (C=O) groups is 1. The Labute approximate surface area is 121 Å². The fraction of sp³-hybridized carbons (Fsp3) is 0.200. The van der Waals surface area contributed by atoms with E-state index in [9.17, 15) is 9.90 Å². The van der Waals surface area contributed by atoms with Gasteiger partial charge >= 0.3 is 5.97 Å². The highest BCUT2D eigenvalue weighted by atomic mass is 32.2. The summed E-state index contributed by atoms with van der Waals surface area (Å²) in [6.07, 6.45) is 0. The molecule has 0 aliphatic carbocycles. The summed E-state index contributed by atoms with van der Waals surface area (Å²) < 4.78 is 5.15. The average molecular weight is 289 g/mol. The molecular formula is C15H15NO3S. The van der Waals surface area contributed by atoms with Gasteiger partial charge in [-0.3, -0.25) is 0 Å². The van der Waals surface area contributed by atoms with Gasteiger partial charge in [-0.25, -0.2) is 9.78 Å². The predicted octanol–water partition coefficient (Wildman–Crippen LogP) is 3.56. The van der Waals surface area contributed by atoms with Crippen LogP contribution in [0.1, 0.15) is 21.6 Å². The van der Waals surface area contributed by atoms with E-state index in [1.54, 1.807) is 25.3 Å². The molecule has 5 heteroatoms. The van der Waals surface area contributed by atoms with Crippen LogP contribution in [0.2, 0.25) is 0 Å². The maximum Gasteiger partial charge on any atom is 0.336 e. The van der Waals surface area contributed by atoms with Crippen molar-refractivity contribution in [1.29, 1.82) is 0 Å². The summed E-state index contributed by atoms with van der Waals surface area (Å²) >= 11 is 1.33. The minimum Gasteiger partial charge on any atom is -0.497 e. The molecule has 0 aliphatic heterocycles. The monoisotopic (exact) mass is 289 g/mol. The Morgan fingerprint density at radius 1 is 1.25 bits per heavy atom. The SMILES string of the molecule is COc1ccc(C(=O)O)c(Sc2cc(C)cc(C)n2)c1. The van der Waals surface area contributed by atoms with Gasteiger partial charge in [0.15, 0.2) is 0 Å². The highest BCUT2D eigenvalue weighted by Gasteiger charge is 2.13. The Morgan fingerprint density at radius 3 is 2.60 bits per heavy atom. The number of carboxylic acid groups (broad SMARTS) is 1. The van der Waals surface area contributed by atoms with E-state index >= 15 is 0 Å². The van der Waals surface area contributed by atoms with E-state index in [0.29, 0.717) is 10.6 Å². The van der Waals surface area contributed by atoms with Crippen LogP contribution in [-0.2, 0) is 0 Å². The highest BCUT2D eigenvalue weighted by Crippen LogP contribution is 2.32. The fourth-order valence-corrected chi connectivity index (χ4v) is 2.96. The number of hydrogen-bond donors (Lipinski definition) is 1. The van der Waals surface area contributed by atoms with Gasteiger partial charge in [0.1, 0.15) is 10.8 Å². The number of nitrogens with zero attached hydrogens (tertiary/aromatic N) is 1. The van der Waals surface area contributed by atoms with Crippen LogP contribution in [0.4, 0.5) is 0 Å². The molecular weight excluding hydrogens is 274 g/mol. The van der Waals surface area contributed by atoms with Crippen LogP contribution < -0.4 is 4.74 Å². The zero-order valence-electron chi connectivity index (χ0n) is 11.5. The lowest BCUT2D eigenvalue weighted by molar-refractivity contribution is 0.0693. The van der Waals surface area contributed by atoms with Gasteiger partial charge in [-0.15, -0.1) is 0 Å². The van der Waals surface area contributed by atoms with E-state index in [0.717, 1.165) is 16.3 Å². The molecule has 4 nitrogen and oxygen atoms in total. The number of benzene rings is 1. The van der Waals surface area contributed by atoms with Crippen molar-refractivity contribution < 1.29 is 14.6 Å². The highest BCUT2D eigenvalue weighted by molar-refractivity contribution is 7.99. The van der Waals surface area contributed by atoms with Crippen LogP contribution in [0.3, 0.4) is 0 Å². The molecule has 0 unspecified atom stereocenters. The molecule has 0 radical (unpaired) electrons. The number of aromatic nitrogens is 1. The normalized spacial score (nSPS) is 10.3. The van der Waals surface area contributed by atoms with Crippen molar-refractivity contribution in [2.45, 2.75) is 23.8 Å². The second-order valence-corrected chi connectivity index (χ2v) is 5.46. The number of hydrogen-bond acceptors (Lipinski definition) is 4. The molecule has 2 rings (SSSR count). The number of aromatic carboxylic acids is 1. The van der Waals surface area contributed by atoms with E-state index in [2.05, 4.69) is 4.98 Å². The van der Waals surface area contributed by atoms with Crippen molar-refractivity contribution in [3.8, 4) is 5.75 Å². The van der Waals surface area contributed by atoms with Gasteiger partial charge in [0.25, 0.3) is 0 Å². The Hall–Kier alpha value is -2.01. The number of methoxy groups -OCH3 is 1. The second-order valence-electron chi connectivity index (χ2n) is 4.39. The molecule has 0 saturated heterocycles. The van der Waals surface area contributed by atoms with E-state index in [1.807, 2.05) is 26.0 Å². The summed E-state index contributed by atoms with van der Waals surface area (Å²) in [5, 5.41) is 10.0. The van der Waals surface area contributed by atoms with Crippen molar-refractivity contribution in [3.05, 3.63) is 47.2 Å². The van der Waals surface area contributed by atoms with Crippen LogP contribution in [0.15, 0.2) is 40.3 Å². The summed E-state index contributed by atoms with van der Waals surface area (Å²) in [6, 6.07) is 8.82. The molecule has 2 aromatic rings. The fourth-order valence-electron chi connectivity index (χ4n) is 1.86. The largest absolute Gasteiger partial charge is 0.497 e. The molecule has 1 heterocycles. The zero-order chi connectivity index (χ0) is 14.7. The standard InChI is InChI=1S/C15H15NO3S/c1-9-6-10(2)16-14(7-9)20-13-8-11(19-3)4-5-12(13)15(17)18/h4-8H,1-3H3,(H,17,18). The molecule has 0 fully saturated rings. The second kappa shape index (κ2) is 5.96. The molecule has 0 spiro atoms. The molecule has 0 atom stereocenters. The number of pyridine rings is 1. The van der Waals surface area contributed by atoms with Crippen molar-refractivity contribution in [1.82, 2.24) is 4.98 Å². The number of carboxylic acids is 1.